The van der Waals surface area contributed by atoms with Crippen LogP contribution in [-0.4, -0.2) is 42.1 Å². The fourth-order valence-corrected chi connectivity index (χ4v) is 0.231. The van der Waals surface area contributed by atoms with Crippen molar-refractivity contribution in [3.63, 3.8) is 0 Å². The Hall–Kier alpha value is 0.840. The molecule has 0 unspecified atom stereocenters. The maximum Gasteiger partial charge on any atom is 1.00 e. The molecule has 0 aliphatic carbocycles. The second kappa shape index (κ2) is 15.9. The van der Waals surface area contributed by atoms with Gasteiger partial charge in [0.1, 0.15) is 0 Å². The third kappa shape index (κ3) is 17.7. The molecule has 0 aromatic rings. The van der Waals surface area contributed by atoms with E-state index in [1.54, 1.807) is 0 Å². The van der Waals surface area contributed by atoms with Crippen LogP contribution in [0.1, 0.15) is 0 Å². The Kier molecular flexibility index (Phi) is 29.1. The Bertz CT molecular complexity index is 31.7. The van der Waals surface area contributed by atoms with E-state index >= 15 is 0 Å². The van der Waals surface area contributed by atoms with Crippen molar-refractivity contribution in [2.45, 2.75) is 0 Å². The van der Waals surface area contributed by atoms with E-state index < -0.39 is 0 Å². The Morgan fingerprint density at radius 2 is 1.33 bits per heavy atom. The molecule has 0 saturated heterocycles. The minimum Gasteiger partial charge on any atom is -0.870 e. The molecule has 0 spiro atoms. The van der Waals surface area contributed by atoms with Gasteiger partial charge in [-0.3, -0.25) is 0 Å². The molecule has 52 valence electrons. The van der Waals surface area contributed by atoms with Crippen LogP contribution in [0.5, 0.6) is 0 Å². The first-order valence-corrected chi connectivity index (χ1v) is 2.21. The van der Waals surface area contributed by atoms with E-state index in [4.69, 9.17) is 10.2 Å². The van der Waals surface area contributed by atoms with Gasteiger partial charge in [-0.15, -0.1) is 0 Å². The van der Waals surface area contributed by atoms with Crippen molar-refractivity contribution in [3.8, 4) is 0 Å². The summed E-state index contributed by atoms with van der Waals surface area (Å²) in [4.78, 5) is 0. The van der Waals surface area contributed by atoms with E-state index in [1.807, 2.05) is 0 Å². The quantitative estimate of drug-likeness (QED) is 0.311. The van der Waals surface area contributed by atoms with Crippen LogP contribution < -0.4 is 29.6 Å². The maximum atomic E-state index is 8.09. The fraction of sp³-hybridized carbons (Fsp3) is 1.00. The molecule has 0 heterocycles. The van der Waals surface area contributed by atoms with Crippen LogP contribution in [0.4, 0.5) is 0 Å². The first kappa shape index (κ1) is 16.4. The second-order valence-electron chi connectivity index (χ2n) is 1.06. The average Bonchev–Trinajstić information content (AvgIpc) is 1.69. The van der Waals surface area contributed by atoms with Crippen LogP contribution in [0, 0.1) is 0 Å². The Balaban J connectivity index is -0.000000180. The number of hydrogen-bond donors (Lipinski definition) is 2. The zero-order valence-corrected chi connectivity index (χ0v) is 7.58. The fourth-order valence-electron chi connectivity index (χ4n) is 0.231. The van der Waals surface area contributed by atoms with Crippen LogP contribution >= 0.6 is 0 Å². The third-order valence-electron chi connectivity index (χ3n) is 0.471. The Morgan fingerprint density at radius 3 is 1.56 bits per heavy atom. The molecule has 0 aromatic carbocycles. The van der Waals surface area contributed by atoms with Crippen molar-refractivity contribution in [2.24, 2.45) is 0 Å². The van der Waals surface area contributed by atoms with E-state index in [1.165, 1.54) is 0 Å². The maximum absolute atomic E-state index is 8.09. The van der Waals surface area contributed by atoms with Crippen molar-refractivity contribution in [1.29, 1.82) is 0 Å². The summed E-state index contributed by atoms with van der Waals surface area (Å²) in [5.41, 5.74) is 0. The van der Waals surface area contributed by atoms with Gasteiger partial charge in [-0.25, -0.2) is 0 Å². The van der Waals surface area contributed by atoms with Crippen molar-refractivity contribution in [3.05, 3.63) is 0 Å². The van der Waals surface area contributed by atoms with Crippen LogP contribution in [0.25, 0.3) is 0 Å². The number of aliphatic hydroxyl groups is 2. The molecule has 0 saturated carbocycles. The van der Waals surface area contributed by atoms with E-state index in [9.17, 15) is 0 Å². The molecule has 4 nitrogen and oxygen atoms in total. The molecule has 0 aromatic heterocycles. The van der Waals surface area contributed by atoms with Gasteiger partial charge < -0.3 is 20.4 Å². The minimum absolute atomic E-state index is 0. The minimum atomic E-state index is 0. The molecule has 3 N–H and O–H groups in total. The standard InChI is InChI=1S/C4H10O3.Na.H2O/c5-1-3-7-4-2-6;;/h5-6H,1-4H2;;1H2/q;+1;/p-1. The topological polar surface area (TPSA) is 79.7 Å². The molecule has 0 amide bonds. The predicted molar refractivity (Wildman–Crippen MR) is 26.9 cm³/mol. The molecular formula is C4H11NaO4. The Labute approximate surface area is 76.4 Å². The van der Waals surface area contributed by atoms with Crippen molar-refractivity contribution < 1.29 is 50.0 Å². The molecule has 0 fully saturated rings. The molecule has 0 aliphatic heterocycles. The number of rotatable bonds is 4. The van der Waals surface area contributed by atoms with Crippen LogP contribution in [-0.2, 0) is 4.74 Å². The van der Waals surface area contributed by atoms with Gasteiger partial charge in [0.15, 0.2) is 0 Å². The first-order chi connectivity index (χ1) is 3.41. The third-order valence-corrected chi connectivity index (χ3v) is 0.471. The molecule has 9 heavy (non-hydrogen) atoms. The SMILES string of the molecule is OCCOCCO.[Na+].[OH-]. The molecular weight excluding hydrogens is 135 g/mol. The summed E-state index contributed by atoms with van der Waals surface area (Å²) in [5, 5.41) is 16.2. The summed E-state index contributed by atoms with van der Waals surface area (Å²) >= 11 is 0. The van der Waals surface area contributed by atoms with Crippen LogP contribution in [0.15, 0.2) is 0 Å². The molecule has 0 radical (unpaired) electrons. The largest absolute Gasteiger partial charge is 1.00 e. The zero-order chi connectivity index (χ0) is 5.54. The normalized spacial score (nSPS) is 7.33. The van der Waals surface area contributed by atoms with Gasteiger partial charge in [0.25, 0.3) is 0 Å². The molecule has 0 bridgehead atoms. The van der Waals surface area contributed by atoms with Gasteiger partial charge >= 0.3 is 29.6 Å². The van der Waals surface area contributed by atoms with E-state index in [0.29, 0.717) is 13.2 Å². The zero-order valence-electron chi connectivity index (χ0n) is 5.58. The van der Waals surface area contributed by atoms with Crippen molar-refractivity contribution in [2.75, 3.05) is 26.4 Å². The molecule has 0 rings (SSSR count). The van der Waals surface area contributed by atoms with Crippen LogP contribution in [0.3, 0.4) is 0 Å². The van der Waals surface area contributed by atoms with Crippen LogP contribution in [0.2, 0.25) is 0 Å². The Morgan fingerprint density at radius 1 is 1.00 bits per heavy atom. The van der Waals surface area contributed by atoms with E-state index in [2.05, 4.69) is 4.74 Å². The second-order valence-corrected chi connectivity index (χ2v) is 1.06. The molecule has 0 aliphatic rings. The smallest absolute Gasteiger partial charge is 0.870 e. The summed E-state index contributed by atoms with van der Waals surface area (Å²) in [6.45, 7) is 0.696. The summed E-state index contributed by atoms with van der Waals surface area (Å²) in [5.74, 6) is 0. The monoisotopic (exact) mass is 146 g/mol. The number of aliphatic hydroxyl groups excluding tert-OH is 2. The summed E-state index contributed by atoms with van der Waals surface area (Å²) in [6, 6.07) is 0. The predicted octanol–water partition coefficient (Wildman–Crippen LogP) is -4.19. The summed E-state index contributed by atoms with van der Waals surface area (Å²) < 4.78 is 4.63. The van der Waals surface area contributed by atoms with Gasteiger partial charge in [-0.2, -0.15) is 0 Å². The van der Waals surface area contributed by atoms with Gasteiger partial charge in [0.05, 0.1) is 26.4 Å². The average molecular weight is 146 g/mol. The van der Waals surface area contributed by atoms with E-state index in [-0.39, 0.29) is 48.2 Å². The number of ether oxygens (including phenoxy) is 1. The molecule has 5 heteroatoms. The number of hydrogen-bond acceptors (Lipinski definition) is 4. The van der Waals surface area contributed by atoms with Gasteiger partial charge in [-0.05, 0) is 0 Å². The summed E-state index contributed by atoms with van der Waals surface area (Å²) in [7, 11) is 0. The van der Waals surface area contributed by atoms with E-state index in [0.717, 1.165) is 0 Å². The molecule has 0 atom stereocenters. The van der Waals surface area contributed by atoms with Gasteiger partial charge in [0.2, 0.25) is 0 Å². The van der Waals surface area contributed by atoms with Crippen molar-refractivity contribution >= 4 is 0 Å². The van der Waals surface area contributed by atoms with Gasteiger partial charge in [-0.1, -0.05) is 0 Å². The van der Waals surface area contributed by atoms with Crippen molar-refractivity contribution in [1.82, 2.24) is 0 Å². The van der Waals surface area contributed by atoms with Gasteiger partial charge in [0, 0.05) is 0 Å². The summed E-state index contributed by atoms with van der Waals surface area (Å²) in [6.07, 6.45) is 0. The first-order valence-electron chi connectivity index (χ1n) is 2.21.